The molecule has 4 rings (SSSR count). The fraction of sp³-hybridized carbons (Fsp3) is 0.238. The molecule has 0 saturated carbocycles. The zero-order valence-electron chi connectivity index (χ0n) is 15.6. The average Bonchev–Trinajstić information content (AvgIpc) is 2.96. The first-order valence-corrected chi connectivity index (χ1v) is 9.42. The molecule has 29 heavy (non-hydrogen) atoms. The van der Waals surface area contributed by atoms with Gasteiger partial charge >= 0.3 is 11.8 Å². The highest BCUT2D eigenvalue weighted by molar-refractivity contribution is 6.43. The van der Waals surface area contributed by atoms with Crippen molar-refractivity contribution in [3.8, 4) is 0 Å². The molecule has 0 fully saturated rings. The molecule has 148 valence electrons. The van der Waals surface area contributed by atoms with Gasteiger partial charge in [0.05, 0.1) is 10.9 Å². The summed E-state index contributed by atoms with van der Waals surface area (Å²) in [6.45, 7) is 0.633. The third-order valence-electron chi connectivity index (χ3n) is 4.88. The molecule has 0 aliphatic carbocycles. The highest BCUT2D eigenvalue weighted by Crippen LogP contribution is 2.18. The van der Waals surface area contributed by atoms with Gasteiger partial charge in [0, 0.05) is 24.3 Å². The van der Waals surface area contributed by atoms with Crippen LogP contribution >= 0.6 is 0 Å². The molecule has 0 radical (unpaired) electrons. The monoisotopic (exact) mass is 394 g/mol. The topological polar surface area (TPSA) is 93.1 Å². The van der Waals surface area contributed by atoms with Crippen molar-refractivity contribution < 1.29 is 14.0 Å². The summed E-state index contributed by atoms with van der Waals surface area (Å²) in [6.07, 6.45) is 3.77. The molecule has 7 nitrogen and oxygen atoms in total. The van der Waals surface area contributed by atoms with Gasteiger partial charge in [-0.2, -0.15) is 0 Å². The largest absolute Gasteiger partial charge is 0.318 e. The van der Waals surface area contributed by atoms with Crippen molar-refractivity contribution in [1.29, 1.82) is 0 Å². The maximum atomic E-state index is 12.9. The van der Waals surface area contributed by atoms with E-state index in [-0.39, 0.29) is 5.56 Å². The predicted molar refractivity (Wildman–Crippen MR) is 107 cm³/mol. The number of aromatic nitrogens is 2. The van der Waals surface area contributed by atoms with Crippen LogP contribution in [0.25, 0.3) is 10.9 Å². The van der Waals surface area contributed by atoms with Gasteiger partial charge in [0.2, 0.25) is 0 Å². The Labute approximate surface area is 165 Å². The number of amides is 2. The molecular formula is C21H19FN4O3. The highest BCUT2D eigenvalue weighted by atomic mass is 19.1. The molecule has 0 atom stereocenters. The summed E-state index contributed by atoms with van der Waals surface area (Å²) in [6, 6.07) is 9.87. The van der Waals surface area contributed by atoms with Gasteiger partial charge in [-0.15, -0.1) is 0 Å². The molecule has 1 aromatic heterocycles. The lowest BCUT2D eigenvalue weighted by atomic mass is 10.2. The minimum Gasteiger partial charge on any atom is -0.318 e. The molecule has 1 aliphatic rings. The van der Waals surface area contributed by atoms with E-state index in [0.29, 0.717) is 28.8 Å². The van der Waals surface area contributed by atoms with E-state index in [9.17, 15) is 18.8 Å². The van der Waals surface area contributed by atoms with Crippen molar-refractivity contribution in [2.45, 2.75) is 32.2 Å². The van der Waals surface area contributed by atoms with E-state index in [4.69, 9.17) is 0 Å². The summed E-state index contributed by atoms with van der Waals surface area (Å²) in [5.74, 6) is -1.44. The van der Waals surface area contributed by atoms with E-state index in [2.05, 4.69) is 15.6 Å². The first-order valence-electron chi connectivity index (χ1n) is 9.42. The number of anilines is 2. The molecular weight excluding hydrogens is 375 g/mol. The first-order chi connectivity index (χ1) is 14.0. The maximum Gasteiger partial charge on any atom is 0.314 e. The van der Waals surface area contributed by atoms with Crippen molar-refractivity contribution in [3.05, 3.63) is 64.5 Å². The number of rotatable bonds is 2. The van der Waals surface area contributed by atoms with Crippen LogP contribution in [0.2, 0.25) is 0 Å². The summed E-state index contributed by atoms with van der Waals surface area (Å²) < 4.78 is 14.6. The number of fused-ring (bicyclic) bond motifs is 2. The second-order valence-corrected chi connectivity index (χ2v) is 6.94. The van der Waals surface area contributed by atoms with E-state index in [0.717, 1.165) is 31.5 Å². The van der Waals surface area contributed by atoms with Crippen LogP contribution in [0, 0.1) is 5.82 Å². The smallest absolute Gasteiger partial charge is 0.314 e. The molecule has 0 bridgehead atoms. The lowest BCUT2D eigenvalue weighted by molar-refractivity contribution is -0.132. The molecule has 0 spiro atoms. The number of carbonyl (C=O) groups is 2. The normalized spacial score (nSPS) is 13.4. The Morgan fingerprint density at radius 1 is 0.931 bits per heavy atom. The number of nitrogens with zero attached hydrogens (tertiary/aromatic N) is 2. The van der Waals surface area contributed by atoms with Gasteiger partial charge in [0.1, 0.15) is 11.6 Å². The number of hydrogen-bond donors (Lipinski definition) is 2. The molecule has 0 unspecified atom stereocenters. The summed E-state index contributed by atoms with van der Waals surface area (Å²) in [7, 11) is 0. The van der Waals surface area contributed by atoms with Crippen molar-refractivity contribution in [2.24, 2.45) is 0 Å². The molecule has 2 heterocycles. The van der Waals surface area contributed by atoms with Crippen molar-refractivity contribution in [3.63, 3.8) is 0 Å². The minimum atomic E-state index is -0.895. The maximum absolute atomic E-state index is 12.9. The van der Waals surface area contributed by atoms with Gasteiger partial charge in [-0.25, -0.2) is 9.37 Å². The van der Waals surface area contributed by atoms with Crippen LogP contribution in [0.15, 0.2) is 47.3 Å². The predicted octanol–water partition coefficient (Wildman–Crippen LogP) is 2.84. The standard InChI is InChI=1S/C21H19FN4O3/c22-13-5-7-14(8-6-13)23-19(27)20(28)24-15-9-10-17-16(12-15)21(29)26-11-3-1-2-4-18(26)25-17/h5-10,12H,1-4,11H2,(H,23,27)(H,24,28). The summed E-state index contributed by atoms with van der Waals surface area (Å²) in [5.41, 5.74) is 1.05. The Kier molecular flexibility index (Phi) is 5.07. The number of hydrogen-bond acceptors (Lipinski definition) is 4. The van der Waals surface area contributed by atoms with Crippen LogP contribution in [0.5, 0.6) is 0 Å². The lowest BCUT2D eigenvalue weighted by Gasteiger charge is -2.11. The fourth-order valence-electron chi connectivity index (χ4n) is 3.40. The Balaban J connectivity index is 1.55. The summed E-state index contributed by atoms with van der Waals surface area (Å²) in [4.78, 5) is 41.7. The summed E-state index contributed by atoms with van der Waals surface area (Å²) >= 11 is 0. The van der Waals surface area contributed by atoms with Crippen molar-refractivity contribution >= 4 is 34.1 Å². The van der Waals surface area contributed by atoms with Gasteiger partial charge in [-0.3, -0.25) is 19.0 Å². The van der Waals surface area contributed by atoms with E-state index < -0.39 is 17.6 Å². The first kappa shape index (κ1) is 18.8. The SMILES string of the molecule is O=C(Nc1ccc(F)cc1)C(=O)Nc1ccc2nc3n(c(=O)c2c1)CCCCC3. The highest BCUT2D eigenvalue weighted by Gasteiger charge is 2.17. The van der Waals surface area contributed by atoms with Crippen molar-refractivity contribution in [1.82, 2.24) is 9.55 Å². The zero-order valence-corrected chi connectivity index (χ0v) is 15.6. The molecule has 3 aromatic rings. The van der Waals surface area contributed by atoms with E-state index >= 15 is 0 Å². The Morgan fingerprint density at radius 2 is 1.62 bits per heavy atom. The lowest BCUT2D eigenvalue weighted by Crippen LogP contribution is -2.29. The van der Waals surface area contributed by atoms with Gasteiger partial charge < -0.3 is 10.6 Å². The van der Waals surface area contributed by atoms with E-state index in [1.807, 2.05) is 0 Å². The molecule has 2 N–H and O–H groups in total. The molecule has 2 aromatic carbocycles. The summed E-state index contributed by atoms with van der Waals surface area (Å²) in [5, 5.41) is 5.27. The Hall–Kier alpha value is -3.55. The molecule has 0 saturated heterocycles. The third-order valence-corrected chi connectivity index (χ3v) is 4.88. The van der Waals surface area contributed by atoms with Crippen LogP contribution in [0.4, 0.5) is 15.8 Å². The quantitative estimate of drug-likeness (QED) is 0.654. The van der Waals surface area contributed by atoms with Gasteiger partial charge in [0.25, 0.3) is 5.56 Å². The molecule has 8 heteroatoms. The van der Waals surface area contributed by atoms with Crippen LogP contribution < -0.4 is 16.2 Å². The average molecular weight is 394 g/mol. The number of aryl methyl sites for hydroxylation is 1. The second kappa shape index (κ2) is 7.83. The van der Waals surface area contributed by atoms with Crippen LogP contribution in [-0.2, 0) is 22.6 Å². The number of benzene rings is 2. The number of carbonyl (C=O) groups excluding carboxylic acids is 2. The third kappa shape index (κ3) is 4.01. The van der Waals surface area contributed by atoms with Gasteiger partial charge in [0.15, 0.2) is 0 Å². The molecule has 1 aliphatic heterocycles. The van der Waals surface area contributed by atoms with Crippen LogP contribution in [-0.4, -0.2) is 21.4 Å². The Bertz CT molecular complexity index is 1160. The fourth-order valence-corrected chi connectivity index (χ4v) is 3.40. The number of halogens is 1. The van der Waals surface area contributed by atoms with Crippen LogP contribution in [0.3, 0.4) is 0 Å². The van der Waals surface area contributed by atoms with Crippen molar-refractivity contribution in [2.75, 3.05) is 10.6 Å². The Morgan fingerprint density at radius 3 is 2.38 bits per heavy atom. The van der Waals surface area contributed by atoms with E-state index in [1.54, 1.807) is 16.7 Å². The number of nitrogens with one attached hydrogen (secondary N) is 2. The van der Waals surface area contributed by atoms with Crippen LogP contribution in [0.1, 0.15) is 25.1 Å². The zero-order chi connectivity index (χ0) is 20.4. The molecule has 2 amide bonds. The van der Waals surface area contributed by atoms with Gasteiger partial charge in [-0.1, -0.05) is 6.42 Å². The minimum absolute atomic E-state index is 0.140. The van der Waals surface area contributed by atoms with Gasteiger partial charge in [-0.05, 0) is 55.3 Å². The van der Waals surface area contributed by atoms with E-state index in [1.165, 1.54) is 30.3 Å². The second-order valence-electron chi connectivity index (χ2n) is 6.94.